The quantitative estimate of drug-likeness (QED) is 0.246. The molecule has 4 aliphatic rings. The highest BCUT2D eigenvalue weighted by molar-refractivity contribution is 6.81. The number of rotatable bonds is 9. The molecule has 0 radical (unpaired) electrons. The molecule has 4 rings (SSSR count). The minimum absolute atomic E-state index is 0.0274. The Morgan fingerprint density at radius 3 is 1.78 bits per heavy atom. The third kappa shape index (κ3) is 5.53. The molecule has 0 bridgehead atoms. The largest absolute Gasteiger partial charge is 0.376 e. The molecular weight excluding hydrogens is 404 g/mol. The van der Waals surface area contributed by atoms with Crippen molar-refractivity contribution in [1.82, 2.24) is 0 Å². The van der Waals surface area contributed by atoms with Gasteiger partial charge < -0.3 is 4.74 Å². The van der Waals surface area contributed by atoms with Crippen LogP contribution in [0.15, 0.2) is 0 Å². The fraction of sp³-hybridized carbons (Fsp3) is 1.00. The van der Waals surface area contributed by atoms with Gasteiger partial charge in [-0.2, -0.15) is 0 Å². The third-order valence-corrected chi connectivity index (χ3v) is 17.2. The van der Waals surface area contributed by atoms with Gasteiger partial charge in [-0.05, 0) is 80.7 Å². The first-order valence-corrected chi connectivity index (χ1v) is 17.8. The predicted molar refractivity (Wildman–Crippen MR) is 142 cm³/mol. The van der Waals surface area contributed by atoms with E-state index in [1.54, 1.807) is 63.8 Å². The number of ether oxygens (including phenoxy) is 1. The lowest BCUT2D eigenvalue weighted by Gasteiger charge is -2.48. The van der Waals surface area contributed by atoms with Gasteiger partial charge in [0.05, 0.1) is 13.7 Å². The highest BCUT2D eigenvalue weighted by atomic mass is 28.3. The van der Waals surface area contributed by atoms with E-state index in [0.29, 0.717) is 0 Å². The molecule has 0 amide bonds. The molecule has 32 heavy (non-hydrogen) atoms. The van der Waals surface area contributed by atoms with Gasteiger partial charge in [0.25, 0.3) is 0 Å². The van der Waals surface area contributed by atoms with Crippen molar-refractivity contribution in [2.75, 3.05) is 6.61 Å². The third-order valence-electron chi connectivity index (χ3n) is 10.8. The SMILES string of the molecule is CC1CCCC1[Si](C)(CCCCCCOC(C)(C)C)C1C2CCCCC2C2CCCCC21. The van der Waals surface area contributed by atoms with Crippen LogP contribution in [-0.2, 0) is 4.74 Å². The number of hydrogen-bond acceptors (Lipinski definition) is 1. The Labute approximate surface area is 202 Å². The molecule has 0 aromatic rings. The van der Waals surface area contributed by atoms with E-state index in [-0.39, 0.29) is 5.60 Å². The molecule has 4 aliphatic carbocycles. The van der Waals surface area contributed by atoms with Gasteiger partial charge in [0, 0.05) is 6.61 Å². The summed E-state index contributed by atoms with van der Waals surface area (Å²) in [5.74, 6) is 5.58. The molecule has 1 nitrogen and oxygen atoms in total. The first-order valence-electron chi connectivity index (χ1n) is 15.0. The Bertz CT molecular complexity index is 560. The van der Waals surface area contributed by atoms with Crippen molar-refractivity contribution < 1.29 is 4.74 Å². The second kappa shape index (κ2) is 10.8. The molecule has 7 atom stereocenters. The van der Waals surface area contributed by atoms with Gasteiger partial charge in [-0.3, -0.25) is 0 Å². The van der Waals surface area contributed by atoms with Crippen LogP contribution in [0.3, 0.4) is 0 Å². The molecule has 2 heteroatoms. The van der Waals surface area contributed by atoms with E-state index < -0.39 is 8.07 Å². The normalized spacial score (nSPS) is 39.5. The maximum absolute atomic E-state index is 5.98. The zero-order chi connectivity index (χ0) is 22.8. The Kier molecular flexibility index (Phi) is 8.56. The van der Waals surface area contributed by atoms with Crippen LogP contribution >= 0.6 is 0 Å². The van der Waals surface area contributed by atoms with Gasteiger partial charge in [0.15, 0.2) is 0 Å². The molecule has 0 spiro atoms. The summed E-state index contributed by atoms with van der Waals surface area (Å²) in [7, 11) is -1.29. The van der Waals surface area contributed by atoms with Crippen molar-refractivity contribution in [3.8, 4) is 0 Å². The Hall–Kier alpha value is 0.177. The zero-order valence-electron chi connectivity index (χ0n) is 22.5. The maximum Gasteiger partial charge on any atom is 0.0598 e. The van der Waals surface area contributed by atoms with Gasteiger partial charge in [-0.15, -0.1) is 0 Å². The topological polar surface area (TPSA) is 9.23 Å². The Balaban J connectivity index is 1.44. The van der Waals surface area contributed by atoms with E-state index in [1.807, 2.05) is 0 Å². The molecule has 4 saturated carbocycles. The summed E-state index contributed by atoms with van der Waals surface area (Å²) in [6.07, 6.45) is 22.9. The van der Waals surface area contributed by atoms with Crippen molar-refractivity contribution in [3.05, 3.63) is 0 Å². The maximum atomic E-state index is 5.98. The average Bonchev–Trinajstić information content (AvgIpc) is 3.34. The molecule has 186 valence electrons. The van der Waals surface area contributed by atoms with Gasteiger partial charge in [0.2, 0.25) is 0 Å². The minimum atomic E-state index is -1.29. The van der Waals surface area contributed by atoms with Crippen molar-refractivity contribution in [3.63, 3.8) is 0 Å². The van der Waals surface area contributed by atoms with Crippen molar-refractivity contribution >= 4 is 8.07 Å². The van der Waals surface area contributed by atoms with E-state index in [4.69, 9.17) is 4.74 Å². The molecule has 4 fully saturated rings. The van der Waals surface area contributed by atoms with Crippen LogP contribution in [0.5, 0.6) is 0 Å². The molecule has 0 N–H and O–H groups in total. The molecule has 0 aromatic heterocycles. The van der Waals surface area contributed by atoms with Crippen LogP contribution in [0.1, 0.15) is 124 Å². The number of hydrogen-bond donors (Lipinski definition) is 0. The van der Waals surface area contributed by atoms with Crippen LogP contribution in [-0.4, -0.2) is 20.3 Å². The summed E-state index contributed by atoms with van der Waals surface area (Å²) in [4.78, 5) is 0. The summed E-state index contributed by atoms with van der Waals surface area (Å²) in [6, 6.07) is 1.65. The summed E-state index contributed by atoms with van der Waals surface area (Å²) in [5, 5.41) is 0. The lowest BCUT2D eigenvalue weighted by atomic mass is 9.73. The summed E-state index contributed by atoms with van der Waals surface area (Å²) in [5.41, 5.74) is 2.35. The minimum Gasteiger partial charge on any atom is -0.376 e. The molecule has 0 heterocycles. The number of unbranched alkanes of at least 4 members (excludes halogenated alkanes) is 3. The van der Waals surface area contributed by atoms with Gasteiger partial charge in [-0.25, -0.2) is 0 Å². The smallest absolute Gasteiger partial charge is 0.0598 e. The van der Waals surface area contributed by atoms with Gasteiger partial charge in [0.1, 0.15) is 0 Å². The monoisotopic (exact) mass is 460 g/mol. The van der Waals surface area contributed by atoms with Crippen LogP contribution in [0.4, 0.5) is 0 Å². The molecule has 7 unspecified atom stereocenters. The summed E-state index contributed by atoms with van der Waals surface area (Å²) < 4.78 is 5.98. The molecule has 0 aromatic carbocycles. The van der Waals surface area contributed by atoms with E-state index in [9.17, 15) is 0 Å². The summed E-state index contributed by atoms with van der Waals surface area (Å²) >= 11 is 0. The van der Waals surface area contributed by atoms with E-state index in [1.165, 1.54) is 44.1 Å². The second-order valence-corrected chi connectivity index (χ2v) is 18.8. The Morgan fingerprint density at radius 1 is 0.688 bits per heavy atom. The van der Waals surface area contributed by atoms with E-state index in [2.05, 4.69) is 34.2 Å². The molecular formula is C30H56OSi. The summed E-state index contributed by atoms with van der Waals surface area (Å²) in [6.45, 7) is 13.1. The highest BCUT2D eigenvalue weighted by Gasteiger charge is 2.59. The Morgan fingerprint density at radius 2 is 1.25 bits per heavy atom. The zero-order valence-corrected chi connectivity index (χ0v) is 23.5. The van der Waals surface area contributed by atoms with Crippen molar-refractivity contribution in [2.24, 2.45) is 29.6 Å². The number of fused-ring (bicyclic) bond motifs is 3. The van der Waals surface area contributed by atoms with Crippen LogP contribution in [0.25, 0.3) is 0 Å². The average molecular weight is 461 g/mol. The van der Waals surface area contributed by atoms with Crippen LogP contribution < -0.4 is 0 Å². The van der Waals surface area contributed by atoms with Crippen LogP contribution in [0.2, 0.25) is 23.7 Å². The molecule has 0 aliphatic heterocycles. The van der Waals surface area contributed by atoms with Crippen molar-refractivity contribution in [1.29, 1.82) is 0 Å². The van der Waals surface area contributed by atoms with E-state index in [0.717, 1.165) is 41.7 Å². The van der Waals surface area contributed by atoms with Crippen LogP contribution in [0, 0.1) is 29.6 Å². The predicted octanol–water partition coefficient (Wildman–Crippen LogP) is 9.63. The second-order valence-electron chi connectivity index (χ2n) is 13.9. The van der Waals surface area contributed by atoms with E-state index >= 15 is 0 Å². The van der Waals surface area contributed by atoms with Gasteiger partial charge in [-0.1, -0.05) is 96.6 Å². The van der Waals surface area contributed by atoms with Gasteiger partial charge >= 0.3 is 0 Å². The first kappa shape index (κ1) is 25.3. The molecule has 0 saturated heterocycles. The lowest BCUT2D eigenvalue weighted by molar-refractivity contribution is -0.00471. The fourth-order valence-electron chi connectivity index (χ4n) is 9.69. The van der Waals surface area contributed by atoms with Crippen molar-refractivity contribution in [2.45, 2.75) is 153 Å². The standard InChI is InChI=1S/C30H56OSi/c1-23-15-14-20-28(23)32(5,22-13-7-6-12-21-31-30(2,3)4)29-26-18-10-8-16-24(26)25-17-9-11-19-27(25)29/h23-29H,6-22H2,1-5H3. The lowest BCUT2D eigenvalue weighted by Crippen LogP contribution is -2.47. The first-order chi connectivity index (χ1) is 15.3. The fourth-order valence-corrected chi connectivity index (χ4v) is 17.0. The highest BCUT2D eigenvalue weighted by Crippen LogP contribution is 2.66.